The zero-order valence-corrected chi connectivity index (χ0v) is 9.86. The maximum atomic E-state index is 14.1. The van der Waals surface area contributed by atoms with Crippen LogP contribution in [0.2, 0.25) is 0 Å². The van der Waals surface area contributed by atoms with E-state index in [1.165, 1.54) is 6.92 Å². The number of halogens is 1. The van der Waals surface area contributed by atoms with Crippen molar-refractivity contribution >= 4 is 0 Å². The summed E-state index contributed by atoms with van der Waals surface area (Å²) in [6.07, 6.45) is -5.64. The summed E-state index contributed by atoms with van der Waals surface area (Å²) >= 11 is 0. The summed E-state index contributed by atoms with van der Waals surface area (Å²) in [5.41, 5.74) is -1.71. The van der Waals surface area contributed by atoms with Crippen molar-refractivity contribution < 1.29 is 24.4 Å². The van der Waals surface area contributed by atoms with Gasteiger partial charge in [0, 0.05) is 12.3 Å². The fourth-order valence-corrected chi connectivity index (χ4v) is 1.95. The van der Waals surface area contributed by atoms with Crippen LogP contribution in [0.25, 0.3) is 0 Å². The molecular formula is C10H13FN2O6. The molecule has 1 aliphatic heterocycles. The summed E-state index contributed by atoms with van der Waals surface area (Å²) in [6.45, 7) is 1.24. The predicted molar refractivity (Wildman–Crippen MR) is 59.0 cm³/mol. The van der Waals surface area contributed by atoms with Crippen molar-refractivity contribution in [2.45, 2.75) is 37.3 Å². The summed E-state index contributed by atoms with van der Waals surface area (Å²) in [6, 6.07) is 0.933. The Kier molecular flexibility index (Phi) is 3.31. The van der Waals surface area contributed by atoms with Crippen LogP contribution in [0.1, 0.15) is 13.2 Å². The third kappa shape index (κ3) is 2.21. The highest BCUT2D eigenvalue weighted by Gasteiger charge is 2.58. The first-order valence-corrected chi connectivity index (χ1v) is 5.49. The average Bonchev–Trinajstić information content (AvgIpc) is 2.52. The molecule has 1 saturated heterocycles. The van der Waals surface area contributed by atoms with Gasteiger partial charge in [-0.2, -0.15) is 0 Å². The van der Waals surface area contributed by atoms with E-state index in [9.17, 15) is 29.3 Å². The SMILES string of the molecule is CC(O)[C@H]1O[C@@H](n2ccc(=O)[nH]c2=O)[C@@](O)(F)[C@@H]1O. The lowest BCUT2D eigenvalue weighted by Gasteiger charge is -2.23. The standard InChI is InChI=1S/C10H13FN2O6/c1-4(14)6-7(16)10(11,18)8(19-6)13-3-2-5(15)12-9(13)17/h2-4,6-8,14,16,18H,1H3,(H,12,15,17)/t4?,6-,7-,8-,10-/m1/s1. The van der Waals surface area contributed by atoms with E-state index in [-0.39, 0.29) is 0 Å². The minimum absolute atomic E-state index is 0.590. The van der Waals surface area contributed by atoms with Gasteiger partial charge in [0.05, 0.1) is 6.10 Å². The second kappa shape index (κ2) is 4.53. The Balaban J connectivity index is 2.45. The summed E-state index contributed by atoms with van der Waals surface area (Å²) in [7, 11) is 0. The van der Waals surface area contributed by atoms with Crippen molar-refractivity contribution in [1.82, 2.24) is 9.55 Å². The van der Waals surface area contributed by atoms with Gasteiger partial charge in [-0.25, -0.2) is 9.18 Å². The zero-order valence-electron chi connectivity index (χ0n) is 9.86. The van der Waals surface area contributed by atoms with Crippen LogP contribution < -0.4 is 11.2 Å². The average molecular weight is 276 g/mol. The molecule has 0 saturated carbocycles. The minimum Gasteiger partial charge on any atom is -0.391 e. The van der Waals surface area contributed by atoms with E-state index in [0.717, 1.165) is 12.3 Å². The molecule has 1 unspecified atom stereocenters. The number of aliphatic hydroxyl groups is 3. The monoisotopic (exact) mass is 276 g/mol. The van der Waals surface area contributed by atoms with E-state index < -0.39 is 41.6 Å². The molecule has 0 aliphatic carbocycles. The quantitative estimate of drug-likeness (QED) is 0.487. The van der Waals surface area contributed by atoms with Crippen LogP contribution in [0.5, 0.6) is 0 Å². The molecule has 0 radical (unpaired) electrons. The van der Waals surface area contributed by atoms with Crippen molar-refractivity contribution in [2.75, 3.05) is 0 Å². The molecule has 1 aromatic heterocycles. The summed E-state index contributed by atoms with van der Waals surface area (Å²) < 4.78 is 19.6. The van der Waals surface area contributed by atoms with Crippen LogP contribution in [0.15, 0.2) is 21.9 Å². The van der Waals surface area contributed by atoms with Crippen molar-refractivity contribution in [1.29, 1.82) is 0 Å². The number of rotatable bonds is 2. The Bertz CT molecular complexity index is 580. The van der Waals surface area contributed by atoms with Crippen molar-refractivity contribution in [3.63, 3.8) is 0 Å². The lowest BCUT2D eigenvalue weighted by atomic mass is 10.0. The molecule has 1 aliphatic rings. The van der Waals surface area contributed by atoms with E-state index in [1.807, 2.05) is 4.98 Å². The minimum atomic E-state index is -3.27. The largest absolute Gasteiger partial charge is 0.391 e. The molecule has 8 nitrogen and oxygen atoms in total. The second-order valence-electron chi connectivity index (χ2n) is 4.38. The highest BCUT2D eigenvalue weighted by atomic mass is 19.2. The van der Waals surface area contributed by atoms with E-state index in [1.54, 1.807) is 0 Å². The number of nitrogens with zero attached hydrogens (tertiary/aromatic N) is 1. The lowest BCUT2D eigenvalue weighted by molar-refractivity contribution is -0.197. The van der Waals surface area contributed by atoms with E-state index in [2.05, 4.69) is 0 Å². The Hall–Kier alpha value is -1.55. The van der Waals surface area contributed by atoms with Crippen molar-refractivity contribution in [3.8, 4) is 0 Å². The van der Waals surface area contributed by atoms with E-state index >= 15 is 0 Å². The van der Waals surface area contributed by atoms with Crippen molar-refractivity contribution in [3.05, 3.63) is 33.1 Å². The van der Waals surface area contributed by atoms with Crippen LogP contribution in [0.3, 0.4) is 0 Å². The Labute approximate surface area is 105 Å². The number of aliphatic hydroxyl groups excluding tert-OH is 2. The topological polar surface area (TPSA) is 125 Å². The molecular weight excluding hydrogens is 263 g/mol. The van der Waals surface area contributed by atoms with Crippen LogP contribution in [-0.4, -0.2) is 49.0 Å². The molecule has 0 aromatic carbocycles. The molecule has 0 spiro atoms. The molecule has 0 amide bonds. The predicted octanol–water partition coefficient (Wildman–Crippen LogP) is -2.17. The zero-order chi connectivity index (χ0) is 14.4. The van der Waals surface area contributed by atoms with Gasteiger partial charge in [-0.05, 0) is 6.92 Å². The van der Waals surface area contributed by atoms with Crippen LogP contribution in [-0.2, 0) is 4.74 Å². The number of aromatic amines is 1. The normalized spacial score (nSPS) is 36.4. The summed E-state index contributed by atoms with van der Waals surface area (Å²) in [5.74, 6) is -3.27. The first kappa shape index (κ1) is 13.9. The van der Waals surface area contributed by atoms with Gasteiger partial charge in [-0.3, -0.25) is 14.3 Å². The molecule has 1 aromatic rings. The number of H-pyrrole nitrogens is 1. The lowest BCUT2D eigenvalue weighted by Crippen LogP contribution is -2.46. The first-order chi connectivity index (χ1) is 8.75. The molecule has 2 heterocycles. The molecule has 9 heteroatoms. The van der Waals surface area contributed by atoms with E-state index in [0.29, 0.717) is 4.57 Å². The Morgan fingerprint density at radius 2 is 2.21 bits per heavy atom. The number of nitrogens with one attached hydrogen (secondary N) is 1. The first-order valence-electron chi connectivity index (χ1n) is 5.49. The van der Waals surface area contributed by atoms with Gasteiger partial charge >= 0.3 is 5.69 Å². The van der Waals surface area contributed by atoms with Gasteiger partial charge in [0.2, 0.25) is 0 Å². The van der Waals surface area contributed by atoms with E-state index in [4.69, 9.17) is 4.74 Å². The third-order valence-electron chi connectivity index (χ3n) is 2.94. The highest BCUT2D eigenvalue weighted by molar-refractivity contribution is 4.99. The Morgan fingerprint density at radius 1 is 1.58 bits per heavy atom. The van der Waals surface area contributed by atoms with Gasteiger partial charge in [0.1, 0.15) is 12.2 Å². The number of ether oxygens (including phenoxy) is 1. The molecule has 0 bridgehead atoms. The van der Waals surface area contributed by atoms with Crippen molar-refractivity contribution in [2.24, 2.45) is 0 Å². The maximum Gasteiger partial charge on any atom is 0.330 e. The molecule has 19 heavy (non-hydrogen) atoms. The molecule has 1 fully saturated rings. The van der Waals surface area contributed by atoms with Crippen LogP contribution in [0, 0.1) is 0 Å². The van der Waals surface area contributed by atoms with Gasteiger partial charge in [-0.1, -0.05) is 0 Å². The Morgan fingerprint density at radius 3 is 2.68 bits per heavy atom. The molecule has 4 N–H and O–H groups in total. The molecule has 106 valence electrons. The van der Waals surface area contributed by atoms with Gasteiger partial charge in [0.25, 0.3) is 11.4 Å². The highest BCUT2D eigenvalue weighted by Crippen LogP contribution is 2.39. The fraction of sp³-hybridized carbons (Fsp3) is 0.600. The summed E-state index contributed by atoms with van der Waals surface area (Å²) in [5, 5.41) is 28.5. The fourth-order valence-electron chi connectivity index (χ4n) is 1.95. The number of hydrogen-bond acceptors (Lipinski definition) is 6. The van der Waals surface area contributed by atoms with Crippen LogP contribution in [0.4, 0.5) is 4.39 Å². The number of alkyl halides is 1. The number of aromatic nitrogens is 2. The number of hydrogen-bond donors (Lipinski definition) is 4. The molecule has 5 atom stereocenters. The summed E-state index contributed by atoms with van der Waals surface area (Å²) in [4.78, 5) is 24.3. The second-order valence-corrected chi connectivity index (χ2v) is 4.38. The third-order valence-corrected chi connectivity index (χ3v) is 2.94. The van der Waals surface area contributed by atoms with Gasteiger partial charge in [-0.15, -0.1) is 0 Å². The smallest absolute Gasteiger partial charge is 0.330 e. The van der Waals surface area contributed by atoms with Gasteiger partial charge in [0.15, 0.2) is 6.23 Å². The van der Waals surface area contributed by atoms with Crippen LogP contribution >= 0.6 is 0 Å². The maximum absolute atomic E-state index is 14.1. The molecule has 2 rings (SSSR count). The van der Waals surface area contributed by atoms with Gasteiger partial charge < -0.3 is 20.1 Å².